The highest BCUT2D eigenvalue weighted by atomic mass is 32.2. The summed E-state index contributed by atoms with van der Waals surface area (Å²) < 4.78 is 52.1. The van der Waals surface area contributed by atoms with Crippen LogP contribution in [0.5, 0.6) is 0 Å². The Kier molecular flexibility index (Phi) is 5.69. The molecule has 1 aliphatic rings. The second-order valence-electron chi connectivity index (χ2n) is 7.34. The van der Waals surface area contributed by atoms with Gasteiger partial charge >= 0.3 is 0 Å². The summed E-state index contributed by atoms with van der Waals surface area (Å²) >= 11 is 0. The fourth-order valence-corrected chi connectivity index (χ4v) is 4.42. The predicted octanol–water partition coefficient (Wildman–Crippen LogP) is 4.16. The quantitative estimate of drug-likeness (QED) is 0.536. The summed E-state index contributed by atoms with van der Waals surface area (Å²) in [6.45, 7) is 0. The molecule has 0 atom stereocenters. The first-order valence-corrected chi connectivity index (χ1v) is 11.3. The van der Waals surface area contributed by atoms with Crippen LogP contribution < -0.4 is 10.6 Å². The number of sulfone groups is 1. The molecule has 1 aromatic heterocycles. The van der Waals surface area contributed by atoms with Gasteiger partial charge in [0.05, 0.1) is 11.3 Å². The highest BCUT2D eigenvalue weighted by molar-refractivity contribution is 7.90. The molecule has 0 radical (unpaired) electrons. The number of halogens is 2. The molecule has 1 saturated carbocycles. The van der Waals surface area contributed by atoms with Crippen LogP contribution in [0.4, 0.5) is 20.3 Å². The molecule has 3 aromatic rings. The highest BCUT2D eigenvalue weighted by Crippen LogP contribution is 2.24. The molecule has 160 valence electrons. The second kappa shape index (κ2) is 8.43. The van der Waals surface area contributed by atoms with Crippen LogP contribution in [-0.2, 0) is 15.6 Å². The molecule has 0 saturated heterocycles. The van der Waals surface area contributed by atoms with Crippen molar-refractivity contribution in [2.45, 2.75) is 29.5 Å². The lowest BCUT2D eigenvalue weighted by Crippen LogP contribution is -2.13. The van der Waals surface area contributed by atoms with Gasteiger partial charge in [0.1, 0.15) is 22.3 Å². The highest BCUT2D eigenvalue weighted by Gasteiger charge is 2.22. The van der Waals surface area contributed by atoms with E-state index in [2.05, 4.69) is 15.6 Å². The van der Waals surface area contributed by atoms with Gasteiger partial charge in [0.25, 0.3) is 5.91 Å². The van der Waals surface area contributed by atoms with Crippen LogP contribution in [0.25, 0.3) is 0 Å². The number of benzene rings is 2. The number of carbonyl (C=O) groups is 1. The third kappa shape index (κ3) is 5.24. The smallest absolute Gasteiger partial charge is 0.257 e. The number of hydrogen-bond donors (Lipinski definition) is 2. The molecule has 0 aliphatic heterocycles. The summed E-state index contributed by atoms with van der Waals surface area (Å²) in [6, 6.07) is 12.4. The molecule has 1 amide bonds. The number of pyridine rings is 1. The van der Waals surface area contributed by atoms with Crippen molar-refractivity contribution in [2.75, 3.05) is 10.6 Å². The first-order chi connectivity index (χ1) is 14.8. The standard InChI is InChI=1S/C22H19F2N3O3S/c23-16-5-8-20(19(24)11-16)31(29,30)13-14-2-1-3-18(10-14)27-22(28)15-4-9-21(25-12-15)26-17-6-7-17/h1-5,8-12,17H,6-7,13H2,(H,25,26)(H,27,28). The molecule has 2 N–H and O–H groups in total. The molecule has 0 bridgehead atoms. The number of carbonyl (C=O) groups excluding carboxylic acids is 1. The van der Waals surface area contributed by atoms with Gasteiger partial charge in [-0.3, -0.25) is 4.79 Å². The van der Waals surface area contributed by atoms with Gasteiger partial charge in [-0.1, -0.05) is 12.1 Å². The first kappa shape index (κ1) is 20.9. The molecule has 1 aliphatic carbocycles. The fourth-order valence-electron chi connectivity index (χ4n) is 3.02. The Bertz CT molecular complexity index is 1230. The summed E-state index contributed by atoms with van der Waals surface area (Å²) in [6.07, 6.45) is 3.69. The number of anilines is 2. The van der Waals surface area contributed by atoms with E-state index in [0.29, 0.717) is 34.7 Å². The van der Waals surface area contributed by atoms with Crippen LogP contribution in [-0.4, -0.2) is 25.4 Å². The maximum absolute atomic E-state index is 13.9. The average Bonchev–Trinajstić information content (AvgIpc) is 3.52. The van der Waals surface area contributed by atoms with E-state index in [4.69, 9.17) is 0 Å². The van der Waals surface area contributed by atoms with Gasteiger partial charge in [0, 0.05) is 24.0 Å². The summed E-state index contributed by atoms with van der Waals surface area (Å²) in [5.74, 6) is -2.18. The fraction of sp³-hybridized carbons (Fsp3) is 0.182. The molecule has 1 heterocycles. The third-order valence-electron chi connectivity index (χ3n) is 4.73. The minimum atomic E-state index is -4.04. The van der Waals surface area contributed by atoms with E-state index >= 15 is 0 Å². The SMILES string of the molecule is O=C(Nc1cccc(CS(=O)(=O)c2ccc(F)cc2F)c1)c1ccc(NC2CC2)nc1. The van der Waals surface area contributed by atoms with Crippen molar-refractivity contribution in [2.24, 2.45) is 0 Å². The molecule has 4 rings (SSSR count). The van der Waals surface area contributed by atoms with Gasteiger partial charge in [0.15, 0.2) is 9.84 Å². The lowest BCUT2D eigenvalue weighted by molar-refractivity contribution is 0.102. The Morgan fingerprint density at radius 3 is 2.55 bits per heavy atom. The monoisotopic (exact) mass is 443 g/mol. The van der Waals surface area contributed by atoms with Gasteiger partial charge in [-0.05, 0) is 54.8 Å². The van der Waals surface area contributed by atoms with E-state index in [9.17, 15) is 22.0 Å². The summed E-state index contributed by atoms with van der Waals surface area (Å²) in [7, 11) is -4.04. The molecule has 0 spiro atoms. The van der Waals surface area contributed by atoms with Crippen molar-refractivity contribution in [3.8, 4) is 0 Å². The molecular formula is C22H19F2N3O3S. The maximum atomic E-state index is 13.9. The number of rotatable bonds is 7. The van der Waals surface area contributed by atoms with Crippen LogP contribution in [0.15, 0.2) is 65.7 Å². The summed E-state index contributed by atoms with van der Waals surface area (Å²) in [5.41, 5.74) is 1.09. The van der Waals surface area contributed by atoms with Crippen LogP contribution in [0.2, 0.25) is 0 Å². The second-order valence-corrected chi connectivity index (χ2v) is 9.30. The van der Waals surface area contributed by atoms with E-state index < -0.39 is 38.0 Å². The number of aromatic nitrogens is 1. The third-order valence-corrected chi connectivity index (χ3v) is 6.44. The van der Waals surface area contributed by atoms with Crippen molar-refractivity contribution in [1.82, 2.24) is 4.98 Å². The molecule has 1 fully saturated rings. The van der Waals surface area contributed by atoms with Crippen molar-refractivity contribution < 1.29 is 22.0 Å². The predicted molar refractivity (Wildman–Crippen MR) is 113 cm³/mol. The van der Waals surface area contributed by atoms with Crippen LogP contribution in [0.1, 0.15) is 28.8 Å². The van der Waals surface area contributed by atoms with Crippen LogP contribution in [0.3, 0.4) is 0 Å². The van der Waals surface area contributed by atoms with E-state index in [0.717, 1.165) is 25.0 Å². The Morgan fingerprint density at radius 1 is 1.06 bits per heavy atom. The van der Waals surface area contributed by atoms with E-state index in [-0.39, 0.29) is 0 Å². The number of amides is 1. The molecule has 31 heavy (non-hydrogen) atoms. The lowest BCUT2D eigenvalue weighted by atomic mass is 10.2. The largest absolute Gasteiger partial charge is 0.367 e. The van der Waals surface area contributed by atoms with Gasteiger partial charge in [-0.15, -0.1) is 0 Å². The van der Waals surface area contributed by atoms with Gasteiger partial charge < -0.3 is 10.6 Å². The van der Waals surface area contributed by atoms with Crippen molar-refractivity contribution >= 4 is 27.2 Å². The summed E-state index contributed by atoms with van der Waals surface area (Å²) in [4.78, 5) is 16.1. The molecule has 9 heteroatoms. The zero-order valence-corrected chi connectivity index (χ0v) is 17.1. The minimum absolute atomic E-state index is 0.351. The summed E-state index contributed by atoms with van der Waals surface area (Å²) in [5, 5.41) is 5.93. The molecule has 2 aromatic carbocycles. The minimum Gasteiger partial charge on any atom is -0.367 e. The molecule has 0 unspecified atom stereocenters. The van der Waals surface area contributed by atoms with Crippen LogP contribution >= 0.6 is 0 Å². The van der Waals surface area contributed by atoms with E-state index in [1.807, 2.05) is 0 Å². The normalized spacial score (nSPS) is 13.6. The van der Waals surface area contributed by atoms with Gasteiger partial charge in [0.2, 0.25) is 0 Å². The van der Waals surface area contributed by atoms with Crippen molar-refractivity contribution in [3.05, 3.63) is 83.6 Å². The zero-order valence-electron chi connectivity index (χ0n) is 16.3. The number of nitrogens with one attached hydrogen (secondary N) is 2. The molecular weight excluding hydrogens is 424 g/mol. The average molecular weight is 443 g/mol. The zero-order chi connectivity index (χ0) is 22.0. The van der Waals surface area contributed by atoms with Crippen molar-refractivity contribution in [1.29, 1.82) is 0 Å². The van der Waals surface area contributed by atoms with E-state index in [1.165, 1.54) is 12.3 Å². The number of hydrogen-bond acceptors (Lipinski definition) is 5. The Morgan fingerprint density at radius 2 is 1.87 bits per heavy atom. The Balaban J connectivity index is 1.45. The molecule has 6 nitrogen and oxygen atoms in total. The topological polar surface area (TPSA) is 88.2 Å². The van der Waals surface area contributed by atoms with Gasteiger partial charge in [-0.2, -0.15) is 0 Å². The lowest BCUT2D eigenvalue weighted by Gasteiger charge is -2.09. The number of nitrogens with zero attached hydrogens (tertiary/aromatic N) is 1. The van der Waals surface area contributed by atoms with E-state index in [1.54, 1.807) is 30.3 Å². The van der Waals surface area contributed by atoms with Crippen molar-refractivity contribution in [3.63, 3.8) is 0 Å². The van der Waals surface area contributed by atoms with Crippen LogP contribution in [0, 0.1) is 11.6 Å². The Hall–Kier alpha value is -3.33. The van der Waals surface area contributed by atoms with Gasteiger partial charge in [-0.25, -0.2) is 22.2 Å². The first-order valence-electron chi connectivity index (χ1n) is 9.61. The maximum Gasteiger partial charge on any atom is 0.257 e. The Labute approximate surface area is 178 Å².